The first-order valence-electron chi connectivity index (χ1n) is 5.71. The van der Waals surface area contributed by atoms with Gasteiger partial charge in [0.15, 0.2) is 0 Å². The summed E-state index contributed by atoms with van der Waals surface area (Å²) in [6.07, 6.45) is 2.82. The fraction of sp³-hybridized carbons (Fsp3) is 0.545. The van der Waals surface area contributed by atoms with Crippen molar-refractivity contribution in [2.24, 2.45) is 5.92 Å². The molecular formula is C11H16N4O2. The third-order valence-corrected chi connectivity index (χ3v) is 2.90. The molecule has 0 aliphatic carbocycles. The fourth-order valence-electron chi connectivity index (χ4n) is 1.98. The first-order chi connectivity index (χ1) is 8.08. The summed E-state index contributed by atoms with van der Waals surface area (Å²) < 4.78 is 1.71. The molecule has 6 heteroatoms. The molecule has 1 aliphatic rings. The van der Waals surface area contributed by atoms with E-state index in [2.05, 4.69) is 5.10 Å². The zero-order chi connectivity index (χ0) is 12.4. The van der Waals surface area contributed by atoms with Gasteiger partial charge in [-0.25, -0.2) is 0 Å². The van der Waals surface area contributed by atoms with Crippen LogP contribution in [0.1, 0.15) is 19.8 Å². The molecule has 2 rings (SSSR count). The van der Waals surface area contributed by atoms with E-state index in [4.69, 9.17) is 5.73 Å². The number of carbonyl (C=O) groups excluding carboxylic acids is 2. The molecule has 0 radical (unpaired) electrons. The Morgan fingerprint density at radius 3 is 2.76 bits per heavy atom. The molecule has 2 N–H and O–H groups in total. The third-order valence-electron chi connectivity index (χ3n) is 2.90. The summed E-state index contributed by atoms with van der Waals surface area (Å²) in [4.78, 5) is 24.5. The number of nitrogen functional groups attached to an aromatic ring is 1. The summed E-state index contributed by atoms with van der Waals surface area (Å²) >= 11 is 0. The van der Waals surface area contributed by atoms with Gasteiger partial charge < -0.3 is 5.73 Å². The molecule has 17 heavy (non-hydrogen) atoms. The van der Waals surface area contributed by atoms with E-state index in [9.17, 15) is 9.59 Å². The standard InChI is InChI=1S/C11H16N4O2/c1-8-7-10(16)15(11(8)17)5-2-4-14-6-3-9(12)13-14/h3,6,8H,2,4-5,7H2,1H3,(H2,12,13). The van der Waals surface area contributed by atoms with E-state index in [1.807, 2.05) is 0 Å². The summed E-state index contributed by atoms with van der Waals surface area (Å²) in [7, 11) is 0. The number of amides is 2. The Labute approximate surface area is 99.4 Å². The number of anilines is 1. The number of aromatic nitrogens is 2. The molecule has 2 heterocycles. The van der Waals surface area contributed by atoms with Crippen LogP contribution in [0.3, 0.4) is 0 Å². The van der Waals surface area contributed by atoms with Gasteiger partial charge in [0.1, 0.15) is 5.82 Å². The van der Waals surface area contributed by atoms with Crippen LogP contribution in [0.5, 0.6) is 0 Å². The highest BCUT2D eigenvalue weighted by atomic mass is 16.2. The van der Waals surface area contributed by atoms with Crippen molar-refractivity contribution in [2.75, 3.05) is 12.3 Å². The van der Waals surface area contributed by atoms with Crippen molar-refractivity contribution in [1.82, 2.24) is 14.7 Å². The molecule has 1 aromatic rings. The summed E-state index contributed by atoms with van der Waals surface area (Å²) in [5.74, 6) is 0.187. The van der Waals surface area contributed by atoms with E-state index in [1.54, 1.807) is 23.9 Å². The van der Waals surface area contributed by atoms with E-state index >= 15 is 0 Å². The van der Waals surface area contributed by atoms with Crippen molar-refractivity contribution in [1.29, 1.82) is 0 Å². The van der Waals surface area contributed by atoms with E-state index in [-0.39, 0.29) is 17.7 Å². The van der Waals surface area contributed by atoms with E-state index < -0.39 is 0 Å². The van der Waals surface area contributed by atoms with Gasteiger partial charge in [-0.2, -0.15) is 5.10 Å². The molecule has 1 atom stereocenters. The number of likely N-dealkylation sites (tertiary alicyclic amines) is 1. The van der Waals surface area contributed by atoms with Gasteiger partial charge in [-0.05, 0) is 12.5 Å². The normalized spacial score (nSPS) is 20.3. The lowest BCUT2D eigenvalue weighted by Gasteiger charge is -2.13. The summed E-state index contributed by atoms with van der Waals surface area (Å²) in [6.45, 7) is 2.90. The second-order valence-electron chi connectivity index (χ2n) is 4.35. The van der Waals surface area contributed by atoms with Crippen LogP contribution < -0.4 is 5.73 Å². The Hall–Kier alpha value is -1.85. The van der Waals surface area contributed by atoms with Gasteiger partial charge in [0.05, 0.1) is 0 Å². The number of rotatable bonds is 4. The van der Waals surface area contributed by atoms with E-state index in [1.165, 1.54) is 4.90 Å². The lowest BCUT2D eigenvalue weighted by molar-refractivity contribution is -0.139. The molecule has 2 amide bonds. The van der Waals surface area contributed by atoms with E-state index in [0.29, 0.717) is 31.7 Å². The summed E-state index contributed by atoms with van der Waals surface area (Å²) in [5.41, 5.74) is 5.48. The molecule has 1 fully saturated rings. The van der Waals surface area contributed by atoms with Crippen LogP contribution in [0.15, 0.2) is 12.3 Å². The van der Waals surface area contributed by atoms with Gasteiger partial charge in [-0.3, -0.25) is 19.2 Å². The molecule has 6 nitrogen and oxygen atoms in total. The summed E-state index contributed by atoms with van der Waals surface area (Å²) in [6, 6.07) is 1.72. The molecule has 1 aliphatic heterocycles. The SMILES string of the molecule is CC1CC(=O)N(CCCn2ccc(N)n2)C1=O. The van der Waals surface area contributed by atoms with Crippen LogP contribution in [-0.4, -0.2) is 33.0 Å². The van der Waals surface area contributed by atoms with Gasteiger partial charge in [-0.1, -0.05) is 6.92 Å². The van der Waals surface area contributed by atoms with Crippen molar-refractivity contribution < 1.29 is 9.59 Å². The topological polar surface area (TPSA) is 81.2 Å². The van der Waals surface area contributed by atoms with Crippen molar-refractivity contribution in [2.45, 2.75) is 26.3 Å². The highest BCUT2D eigenvalue weighted by Crippen LogP contribution is 2.18. The third kappa shape index (κ3) is 2.46. The maximum absolute atomic E-state index is 11.6. The number of carbonyl (C=O) groups is 2. The van der Waals surface area contributed by atoms with Gasteiger partial charge in [0, 0.05) is 31.6 Å². The molecule has 1 unspecified atom stereocenters. The Morgan fingerprint density at radius 1 is 1.47 bits per heavy atom. The molecule has 92 valence electrons. The maximum Gasteiger partial charge on any atom is 0.232 e. The maximum atomic E-state index is 11.6. The monoisotopic (exact) mass is 236 g/mol. The molecule has 0 bridgehead atoms. The van der Waals surface area contributed by atoms with Crippen LogP contribution in [0.25, 0.3) is 0 Å². The Morgan fingerprint density at radius 2 is 2.24 bits per heavy atom. The van der Waals surface area contributed by atoms with Gasteiger partial charge in [0.25, 0.3) is 0 Å². The number of imide groups is 1. The first kappa shape index (κ1) is 11.6. The molecule has 0 spiro atoms. The van der Waals surface area contributed by atoms with Crippen molar-refractivity contribution in [3.8, 4) is 0 Å². The van der Waals surface area contributed by atoms with E-state index in [0.717, 1.165) is 0 Å². The average molecular weight is 236 g/mol. The van der Waals surface area contributed by atoms with Gasteiger partial charge in [-0.15, -0.1) is 0 Å². The minimum atomic E-state index is -0.164. The Balaban J connectivity index is 1.83. The second kappa shape index (κ2) is 4.57. The molecular weight excluding hydrogens is 220 g/mol. The molecule has 1 saturated heterocycles. The lowest BCUT2D eigenvalue weighted by Crippen LogP contribution is -2.31. The van der Waals surface area contributed by atoms with Gasteiger partial charge >= 0.3 is 0 Å². The van der Waals surface area contributed by atoms with Crippen molar-refractivity contribution in [3.63, 3.8) is 0 Å². The Kier molecular flexibility index (Phi) is 3.12. The molecule has 1 aromatic heterocycles. The number of nitrogens with two attached hydrogens (primary N) is 1. The van der Waals surface area contributed by atoms with Crippen LogP contribution in [0, 0.1) is 5.92 Å². The average Bonchev–Trinajstić information content (AvgIpc) is 2.78. The zero-order valence-electron chi connectivity index (χ0n) is 9.80. The van der Waals surface area contributed by atoms with Crippen molar-refractivity contribution >= 4 is 17.6 Å². The fourth-order valence-corrected chi connectivity index (χ4v) is 1.98. The Bertz CT molecular complexity index is 440. The predicted octanol–water partition coefficient (Wildman–Crippen LogP) is 0.250. The summed E-state index contributed by atoms with van der Waals surface area (Å²) in [5, 5.41) is 4.03. The first-order valence-corrected chi connectivity index (χ1v) is 5.71. The smallest absolute Gasteiger partial charge is 0.232 e. The van der Waals surface area contributed by atoms with Crippen LogP contribution >= 0.6 is 0 Å². The highest BCUT2D eigenvalue weighted by molar-refractivity contribution is 6.03. The van der Waals surface area contributed by atoms with Gasteiger partial charge in [0.2, 0.25) is 11.8 Å². The molecule has 0 aromatic carbocycles. The largest absolute Gasteiger partial charge is 0.382 e. The van der Waals surface area contributed by atoms with Crippen LogP contribution in [0.2, 0.25) is 0 Å². The number of aryl methyl sites for hydroxylation is 1. The second-order valence-corrected chi connectivity index (χ2v) is 4.35. The highest BCUT2D eigenvalue weighted by Gasteiger charge is 2.34. The number of hydrogen-bond acceptors (Lipinski definition) is 4. The number of nitrogens with zero attached hydrogens (tertiary/aromatic N) is 3. The lowest BCUT2D eigenvalue weighted by atomic mass is 10.1. The molecule has 0 saturated carbocycles. The minimum Gasteiger partial charge on any atom is -0.382 e. The predicted molar refractivity (Wildman–Crippen MR) is 61.8 cm³/mol. The quantitative estimate of drug-likeness (QED) is 0.760. The zero-order valence-corrected chi connectivity index (χ0v) is 9.80. The van der Waals surface area contributed by atoms with Crippen molar-refractivity contribution in [3.05, 3.63) is 12.3 Å². The van der Waals surface area contributed by atoms with Crippen LogP contribution in [0.4, 0.5) is 5.82 Å². The number of hydrogen-bond donors (Lipinski definition) is 1. The van der Waals surface area contributed by atoms with Crippen LogP contribution in [-0.2, 0) is 16.1 Å². The minimum absolute atomic E-state index is 0.0602.